The Kier molecular flexibility index (Phi) is 9.48. The van der Waals surface area contributed by atoms with E-state index >= 15 is 0 Å². The van der Waals surface area contributed by atoms with Gasteiger partial charge in [0.05, 0.1) is 26.4 Å². The predicted molar refractivity (Wildman–Crippen MR) is 92.5 cm³/mol. The first kappa shape index (κ1) is 19.2. The van der Waals surface area contributed by atoms with Crippen LogP contribution in [0.15, 0.2) is 4.99 Å². The van der Waals surface area contributed by atoms with Crippen LogP contribution in [0.5, 0.6) is 0 Å². The van der Waals surface area contributed by atoms with Crippen LogP contribution in [0.25, 0.3) is 0 Å². The summed E-state index contributed by atoms with van der Waals surface area (Å²) in [4.78, 5) is 7.03. The summed E-state index contributed by atoms with van der Waals surface area (Å²) in [5.74, 6) is 1.02. The Morgan fingerprint density at radius 3 is 2.45 bits per heavy atom. The highest BCUT2D eigenvalue weighted by Crippen LogP contribution is 2.28. The first-order valence-electron chi connectivity index (χ1n) is 8.78. The minimum atomic E-state index is 0.391. The molecule has 5 nitrogen and oxygen atoms in total. The van der Waals surface area contributed by atoms with E-state index in [0.29, 0.717) is 31.8 Å². The third-order valence-electron chi connectivity index (χ3n) is 3.82. The number of nitrogens with zero attached hydrogens (tertiary/aromatic N) is 2. The third kappa shape index (κ3) is 7.99. The summed E-state index contributed by atoms with van der Waals surface area (Å²) >= 11 is 0. The minimum Gasteiger partial charge on any atom is -0.379 e. The molecule has 0 saturated carbocycles. The highest BCUT2D eigenvalue weighted by atomic mass is 16.5. The molecule has 0 bridgehead atoms. The van der Waals surface area contributed by atoms with Crippen LogP contribution in [-0.4, -0.2) is 63.5 Å². The summed E-state index contributed by atoms with van der Waals surface area (Å²) in [6.07, 6.45) is 3.53. The highest BCUT2D eigenvalue weighted by molar-refractivity contribution is 5.80. The highest BCUT2D eigenvalue weighted by Gasteiger charge is 2.30. The van der Waals surface area contributed by atoms with Crippen LogP contribution in [0.2, 0.25) is 0 Å². The Bertz CT molecular complexity index is 319. The van der Waals surface area contributed by atoms with Gasteiger partial charge in [0.15, 0.2) is 5.96 Å². The molecule has 0 unspecified atom stereocenters. The van der Waals surface area contributed by atoms with Gasteiger partial charge in [0.2, 0.25) is 0 Å². The maximum Gasteiger partial charge on any atom is 0.194 e. The van der Waals surface area contributed by atoms with Gasteiger partial charge >= 0.3 is 0 Å². The lowest BCUT2D eigenvalue weighted by atomic mass is 9.93. The Morgan fingerprint density at radius 2 is 1.86 bits per heavy atom. The zero-order chi connectivity index (χ0) is 16.3. The SMILES string of the molecule is CCCCOCCOCCN=C(NCC)N1CCC(C)(C)C1. The van der Waals surface area contributed by atoms with Gasteiger partial charge in [0, 0.05) is 26.2 Å². The van der Waals surface area contributed by atoms with Gasteiger partial charge in [-0.1, -0.05) is 27.2 Å². The van der Waals surface area contributed by atoms with Crippen molar-refractivity contribution in [2.24, 2.45) is 10.4 Å². The fourth-order valence-electron chi connectivity index (χ4n) is 2.50. The maximum atomic E-state index is 5.57. The Morgan fingerprint density at radius 1 is 1.14 bits per heavy atom. The first-order chi connectivity index (χ1) is 10.6. The molecular formula is C17H35N3O2. The number of hydrogen-bond donors (Lipinski definition) is 1. The van der Waals surface area contributed by atoms with E-state index in [2.05, 4.69) is 42.9 Å². The summed E-state index contributed by atoms with van der Waals surface area (Å²) < 4.78 is 11.0. The lowest BCUT2D eigenvalue weighted by Crippen LogP contribution is -2.41. The fraction of sp³-hybridized carbons (Fsp3) is 0.941. The molecule has 0 amide bonds. The fourth-order valence-corrected chi connectivity index (χ4v) is 2.50. The molecule has 1 aliphatic heterocycles. The van der Waals surface area contributed by atoms with Crippen molar-refractivity contribution in [3.63, 3.8) is 0 Å². The number of guanidine groups is 1. The van der Waals surface area contributed by atoms with Crippen LogP contribution in [-0.2, 0) is 9.47 Å². The summed E-state index contributed by atoms with van der Waals surface area (Å²) in [6, 6.07) is 0. The molecule has 1 saturated heterocycles. The molecule has 130 valence electrons. The van der Waals surface area contributed by atoms with E-state index in [1.54, 1.807) is 0 Å². The van der Waals surface area contributed by atoms with E-state index in [0.717, 1.165) is 38.6 Å². The molecule has 1 fully saturated rings. The molecular weight excluding hydrogens is 278 g/mol. The zero-order valence-electron chi connectivity index (χ0n) is 15.0. The third-order valence-corrected chi connectivity index (χ3v) is 3.82. The van der Waals surface area contributed by atoms with E-state index in [4.69, 9.17) is 9.47 Å². The van der Waals surface area contributed by atoms with Crippen LogP contribution in [0, 0.1) is 5.41 Å². The first-order valence-corrected chi connectivity index (χ1v) is 8.78. The van der Waals surface area contributed by atoms with Gasteiger partial charge in [0.1, 0.15) is 0 Å². The molecule has 22 heavy (non-hydrogen) atoms. The van der Waals surface area contributed by atoms with E-state index in [-0.39, 0.29) is 0 Å². The maximum absolute atomic E-state index is 5.57. The number of ether oxygens (including phenoxy) is 2. The number of rotatable bonds is 10. The topological polar surface area (TPSA) is 46.1 Å². The second-order valence-electron chi connectivity index (χ2n) is 6.65. The standard InChI is InChI=1S/C17H35N3O2/c1-5-7-11-21-13-14-22-12-9-19-16(18-6-2)20-10-8-17(3,4)15-20/h5-15H2,1-4H3,(H,18,19). The number of nitrogens with one attached hydrogen (secondary N) is 1. The molecule has 0 aromatic heterocycles. The van der Waals surface area contributed by atoms with E-state index in [9.17, 15) is 0 Å². The second kappa shape index (κ2) is 10.8. The van der Waals surface area contributed by atoms with Gasteiger partial charge in [0.25, 0.3) is 0 Å². The van der Waals surface area contributed by atoms with Crippen molar-refractivity contribution < 1.29 is 9.47 Å². The quantitative estimate of drug-likeness (QED) is 0.382. The zero-order valence-corrected chi connectivity index (χ0v) is 15.0. The van der Waals surface area contributed by atoms with Crippen molar-refractivity contribution in [1.29, 1.82) is 0 Å². The molecule has 1 aliphatic rings. The van der Waals surface area contributed by atoms with E-state index in [1.165, 1.54) is 12.8 Å². The number of likely N-dealkylation sites (tertiary alicyclic amines) is 1. The van der Waals surface area contributed by atoms with E-state index in [1.807, 2.05) is 0 Å². The smallest absolute Gasteiger partial charge is 0.194 e. The van der Waals surface area contributed by atoms with Crippen molar-refractivity contribution >= 4 is 5.96 Å². The molecule has 0 aromatic rings. The van der Waals surface area contributed by atoms with Crippen molar-refractivity contribution in [3.8, 4) is 0 Å². The molecule has 1 N–H and O–H groups in total. The lowest BCUT2D eigenvalue weighted by Gasteiger charge is -2.23. The van der Waals surface area contributed by atoms with Crippen molar-refractivity contribution in [2.45, 2.75) is 47.0 Å². The number of aliphatic imine (C=N–C) groups is 1. The lowest BCUT2D eigenvalue weighted by molar-refractivity contribution is 0.0497. The monoisotopic (exact) mass is 313 g/mol. The van der Waals surface area contributed by atoms with Crippen LogP contribution in [0.1, 0.15) is 47.0 Å². The van der Waals surface area contributed by atoms with Crippen molar-refractivity contribution in [2.75, 3.05) is 52.6 Å². The molecule has 0 atom stereocenters. The van der Waals surface area contributed by atoms with Gasteiger partial charge in [-0.2, -0.15) is 0 Å². The number of unbranched alkanes of at least 4 members (excludes halogenated alkanes) is 1. The van der Waals surface area contributed by atoms with Crippen LogP contribution in [0.3, 0.4) is 0 Å². The van der Waals surface area contributed by atoms with Gasteiger partial charge in [-0.3, -0.25) is 4.99 Å². The molecule has 1 heterocycles. The summed E-state index contributed by atoms with van der Waals surface area (Å²) in [6.45, 7) is 15.5. The number of hydrogen-bond acceptors (Lipinski definition) is 3. The van der Waals surface area contributed by atoms with E-state index < -0.39 is 0 Å². The van der Waals surface area contributed by atoms with Crippen molar-refractivity contribution in [1.82, 2.24) is 10.2 Å². The summed E-state index contributed by atoms with van der Waals surface area (Å²) in [7, 11) is 0. The van der Waals surface area contributed by atoms with Crippen LogP contribution < -0.4 is 5.32 Å². The van der Waals surface area contributed by atoms with Crippen LogP contribution in [0.4, 0.5) is 0 Å². The Labute approximate surface area is 136 Å². The van der Waals surface area contributed by atoms with Gasteiger partial charge in [-0.15, -0.1) is 0 Å². The normalized spacial score (nSPS) is 18.0. The Balaban J connectivity index is 2.18. The van der Waals surface area contributed by atoms with Gasteiger partial charge in [-0.05, 0) is 25.2 Å². The molecule has 0 spiro atoms. The predicted octanol–water partition coefficient (Wildman–Crippen LogP) is 2.52. The molecule has 0 radical (unpaired) electrons. The average molecular weight is 313 g/mol. The molecule has 5 heteroatoms. The largest absolute Gasteiger partial charge is 0.379 e. The van der Waals surface area contributed by atoms with Crippen LogP contribution >= 0.6 is 0 Å². The second-order valence-corrected chi connectivity index (χ2v) is 6.65. The van der Waals surface area contributed by atoms with Gasteiger partial charge in [-0.25, -0.2) is 0 Å². The van der Waals surface area contributed by atoms with Crippen molar-refractivity contribution in [3.05, 3.63) is 0 Å². The molecule has 0 aliphatic carbocycles. The average Bonchev–Trinajstić information content (AvgIpc) is 2.84. The minimum absolute atomic E-state index is 0.391. The molecule has 0 aromatic carbocycles. The summed E-state index contributed by atoms with van der Waals surface area (Å²) in [5.41, 5.74) is 0.391. The van der Waals surface area contributed by atoms with Gasteiger partial charge < -0.3 is 19.7 Å². The Hall–Kier alpha value is -0.810. The summed E-state index contributed by atoms with van der Waals surface area (Å²) in [5, 5.41) is 3.38. The molecule has 1 rings (SSSR count).